The lowest BCUT2D eigenvalue weighted by atomic mass is 9.87. The molecule has 0 aliphatic heterocycles. The molecule has 4 rings (SSSR count). The van der Waals surface area contributed by atoms with Gasteiger partial charge in [-0.15, -0.1) is 0 Å². The van der Waals surface area contributed by atoms with Crippen molar-refractivity contribution in [3.63, 3.8) is 0 Å². The van der Waals surface area contributed by atoms with Crippen LogP contribution in [0.4, 0.5) is 10.1 Å². The van der Waals surface area contributed by atoms with Gasteiger partial charge < -0.3 is 20.0 Å². The van der Waals surface area contributed by atoms with Crippen molar-refractivity contribution in [2.24, 2.45) is 5.92 Å². The average molecular weight is 497 g/mol. The summed E-state index contributed by atoms with van der Waals surface area (Å²) in [7, 11) is 0. The second-order valence-corrected chi connectivity index (χ2v) is 10.7. The van der Waals surface area contributed by atoms with Crippen molar-refractivity contribution >= 4 is 28.8 Å². The maximum Gasteiger partial charge on any atom is 0.274 e. The Labute approximate surface area is 209 Å². The Morgan fingerprint density at radius 1 is 1.22 bits per heavy atom. The molecule has 192 valence electrons. The van der Waals surface area contributed by atoms with Gasteiger partial charge in [0, 0.05) is 23.6 Å². The largest absolute Gasteiger partial charge is 0.488 e. The summed E-state index contributed by atoms with van der Waals surface area (Å²) in [5, 5.41) is 18.5. The molecule has 3 aromatic rings. The minimum Gasteiger partial charge on any atom is -0.488 e. The van der Waals surface area contributed by atoms with Crippen LogP contribution in [0.5, 0.6) is 5.75 Å². The number of alkyl halides is 1. The van der Waals surface area contributed by atoms with Crippen LogP contribution < -0.4 is 10.1 Å². The Bertz CT molecular complexity index is 1250. The third-order valence-corrected chi connectivity index (χ3v) is 6.35. The zero-order chi connectivity index (χ0) is 26.1. The highest BCUT2D eigenvalue weighted by Gasteiger charge is 2.25. The van der Waals surface area contributed by atoms with E-state index >= 15 is 0 Å². The van der Waals surface area contributed by atoms with Gasteiger partial charge in [-0.25, -0.2) is 9.37 Å². The number of halogens is 1. The third kappa shape index (κ3) is 6.07. The molecule has 0 unspecified atom stereocenters. The van der Waals surface area contributed by atoms with E-state index in [1.165, 1.54) is 26.0 Å². The quantitative estimate of drug-likeness (QED) is 0.427. The lowest BCUT2D eigenvalue weighted by Crippen LogP contribution is -2.28. The van der Waals surface area contributed by atoms with Crippen LogP contribution in [0.15, 0.2) is 36.5 Å². The smallest absolute Gasteiger partial charge is 0.274 e. The molecule has 2 heterocycles. The van der Waals surface area contributed by atoms with E-state index < -0.39 is 17.2 Å². The van der Waals surface area contributed by atoms with Crippen LogP contribution in [0.1, 0.15) is 75.6 Å². The van der Waals surface area contributed by atoms with Crippen LogP contribution in [-0.2, 0) is 10.5 Å². The highest BCUT2D eigenvalue weighted by molar-refractivity contribution is 6.05. The SMILES string of the molecule is CC(C)(O)COc1cc2nn([C@H]3CC[C@H](C=O)CC3)cc2cc1NC(=O)c1cccc(C(C)(C)F)n1. The molecule has 2 aromatic heterocycles. The van der Waals surface area contributed by atoms with E-state index in [9.17, 15) is 19.1 Å². The first-order valence-corrected chi connectivity index (χ1v) is 12.2. The molecule has 0 saturated heterocycles. The number of rotatable bonds is 8. The molecule has 0 atom stereocenters. The number of nitrogens with one attached hydrogen (secondary N) is 1. The van der Waals surface area contributed by atoms with Crippen LogP contribution >= 0.6 is 0 Å². The molecule has 0 radical (unpaired) electrons. The Kier molecular flexibility index (Phi) is 7.13. The number of amides is 1. The van der Waals surface area contributed by atoms with E-state index in [0.29, 0.717) is 17.0 Å². The van der Waals surface area contributed by atoms with Gasteiger partial charge in [-0.05, 0) is 71.6 Å². The molecule has 1 amide bonds. The van der Waals surface area contributed by atoms with Gasteiger partial charge in [0.1, 0.15) is 30.0 Å². The van der Waals surface area contributed by atoms with Crippen LogP contribution in [0.3, 0.4) is 0 Å². The number of hydrogen-bond donors (Lipinski definition) is 2. The summed E-state index contributed by atoms with van der Waals surface area (Å²) in [6, 6.07) is 8.36. The monoisotopic (exact) mass is 496 g/mol. The summed E-state index contributed by atoms with van der Waals surface area (Å²) in [6.07, 6.45) is 6.39. The van der Waals surface area contributed by atoms with Gasteiger partial charge in [-0.3, -0.25) is 9.48 Å². The predicted octanol–water partition coefficient (Wildman–Crippen LogP) is 4.97. The fourth-order valence-electron chi connectivity index (χ4n) is 4.31. The summed E-state index contributed by atoms with van der Waals surface area (Å²) in [4.78, 5) is 28.3. The summed E-state index contributed by atoms with van der Waals surface area (Å²) in [5.74, 6) is -0.0343. The van der Waals surface area contributed by atoms with E-state index in [0.717, 1.165) is 37.4 Å². The number of ether oxygens (including phenoxy) is 1. The second-order valence-electron chi connectivity index (χ2n) is 10.7. The Morgan fingerprint density at radius 2 is 1.94 bits per heavy atom. The summed E-state index contributed by atoms with van der Waals surface area (Å²) in [5.41, 5.74) is -1.45. The predicted molar refractivity (Wildman–Crippen MR) is 135 cm³/mol. The van der Waals surface area contributed by atoms with Crippen molar-refractivity contribution in [2.45, 2.75) is 70.7 Å². The zero-order valence-corrected chi connectivity index (χ0v) is 21.1. The van der Waals surface area contributed by atoms with Crippen molar-refractivity contribution in [1.29, 1.82) is 0 Å². The van der Waals surface area contributed by atoms with Crippen molar-refractivity contribution in [1.82, 2.24) is 14.8 Å². The molecule has 1 aliphatic carbocycles. The lowest BCUT2D eigenvalue weighted by Gasteiger charge is -2.25. The molecule has 0 spiro atoms. The minimum atomic E-state index is -1.68. The number of pyridine rings is 1. The maximum atomic E-state index is 14.4. The van der Waals surface area contributed by atoms with E-state index in [4.69, 9.17) is 9.84 Å². The molecular formula is C27H33FN4O4. The Morgan fingerprint density at radius 3 is 2.58 bits per heavy atom. The number of aromatic nitrogens is 3. The van der Waals surface area contributed by atoms with E-state index in [1.54, 1.807) is 32.0 Å². The van der Waals surface area contributed by atoms with Gasteiger partial charge in [-0.2, -0.15) is 5.10 Å². The highest BCUT2D eigenvalue weighted by atomic mass is 19.1. The first-order valence-electron chi connectivity index (χ1n) is 12.2. The number of carbonyl (C=O) groups excluding carboxylic acids is 2. The van der Waals surface area contributed by atoms with E-state index in [-0.39, 0.29) is 30.0 Å². The summed E-state index contributed by atoms with van der Waals surface area (Å²) < 4.78 is 22.2. The van der Waals surface area contributed by atoms with Gasteiger partial charge in [0.25, 0.3) is 5.91 Å². The van der Waals surface area contributed by atoms with E-state index in [2.05, 4.69) is 10.3 Å². The minimum absolute atomic E-state index is 0.00156. The molecule has 1 fully saturated rings. The van der Waals surface area contributed by atoms with Gasteiger partial charge in [0.2, 0.25) is 0 Å². The number of fused-ring (bicyclic) bond motifs is 1. The fourth-order valence-corrected chi connectivity index (χ4v) is 4.31. The molecule has 8 nitrogen and oxygen atoms in total. The van der Waals surface area contributed by atoms with Crippen molar-refractivity contribution in [3.8, 4) is 5.75 Å². The fraction of sp³-hybridized carbons (Fsp3) is 0.481. The second kappa shape index (κ2) is 9.97. The number of anilines is 1. The number of hydrogen-bond acceptors (Lipinski definition) is 6. The summed E-state index contributed by atoms with van der Waals surface area (Å²) >= 11 is 0. The number of carbonyl (C=O) groups is 2. The van der Waals surface area contributed by atoms with Crippen LogP contribution in [0.2, 0.25) is 0 Å². The highest BCUT2D eigenvalue weighted by Crippen LogP contribution is 2.35. The number of aliphatic hydroxyl groups is 1. The van der Waals surface area contributed by atoms with Crippen molar-refractivity contribution in [2.75, 3.05) is 11.9 Å². The normalized spacial score (nSPS) is 18.7. The molecule has 9 heteroatoms. The van der Waals surface area contributed by atoms with Gasteiger partial charge >= 0.3 is 0 Å². The van der Waals surface area contributed by atoms with Gasteiger partial charge in [0.15, 0.2) is 0 Å². The van der Waals surface area contributed by atoms with Crippen molar-refractivity contribution in [3.05, 3.63) is 47.9 Å². The third-order valence-electron chi connectivity index (χ3n) is 6.35. The average Bonchev–Trinajstić information content (AvgIpc) is 3.24. The van der Waals surface area contributed by atoms with Gasteiger partial charge in [-0.1, -0.05) is 6.07 Å². The molecule has 0 bridgehead atoms. The molecular weight excluding hydrogens is 463 g/mol. The molecule has 36 heavy (non-hydrogen) atoms. The van der Waals surface area contributed by atoms with Crippen LogP contribution in [-0.4, -0.2) is 44.3 Å². The molecule has 1 aliphatic rings. The van der Waals surface area contributed by atoms with Crippen LogP contribution in [0.25, 0.3) is 10.9 Å². The Balaban J connectivity index is 1.64. The number of aldehydes is 1. The molecule has 1 saturated carbocycles. The van der Waals surface area contributed by atoms with Crippen molar-refractivity contribution < 1.29 is 23.8 Å². The number of nitrogens with zero attached hydrogens (tertiary/aromatic N) is 3. The topological polar surface area (TPSA) is 106 Å². The standard InChI is InChI=1S/C27H33FN4O4/c1-26(2,35)16-36-23-13-21-18(14-32(31-21)19-10-8-17(15-33)9-11-19)12-22(23)30-25(34)20-6-5-7-24(29-20)27(3,4)28/h5-7,12-15,17,19,35H,8-11,16H2,1-4H3,(H,30,34)/t17-,19-. The first kappa shape index (κ1) is 25.8. The summed E-state index contributed by atoms with van der Waals surface area (Å²) in [6.45, 7) is 6.03. The van der Waals surface area contributed by atoms with Crippen LogP contribution in [0, 0.1) is 5.92 Å². The molecule has 2 N–H and O–H groups in total. The molecule has 1 aromatic carbocycles. The zero-order valence-electron chi connectivity index (χ0n) is 21.1. The van der Waals surface area contributed by atoms with E-state index in [1.807, 2.05) is 10.9 Å². The number of benzene rings is 1. The lowest BCUT2D eigenvalue weighted by molar-refractivity contribution is -0.112. The maximum absolute atomic E-state index is 14.4. The Hall–Kier alpha value is -3.33. The first-order chi connectivity index (χ1) is 16.9. The van der Waals surface area contributed by atoms with Gasteiger partial charge in [0.05, 0.1) is 28.5 Å².